The zero-order chi connectivity index (χ0) is 15.8. The van der Waals surface area contributed by atoms with E-state index in [1.165, 1.54) is 7.11 Å². The lowest BCUT2D eigenvalue weighted by molar-refractivity contribution is -0.127. The lowest BCUT2D eigenvalue weighted by atomic mass is 10.2. The third-order valence-electron chi connectivity index (χ3n) is 2.74. The minimum atomic E-state index is -0.688. The van der Waals surface area contributed by atoms with Gasteiger partial charge in [0.05, 0.1) is 24.8 Å². The molecule has 0 aliphatic rings. The summed E-state index contributed by atoms with van der Waals surface area (Å²) in [5.74, 6) is 0.626. The monoisotopic (exact) mass is 361 g/mol. The first-order valence-corrected chi connectivity index (χ1v) is 7.23. The van der Waals surface area contributed by atoms with Crippen molar-refractivity contribution in [2.75, 3.05) is 27.4 Å². The van der Waals surface area contributed by atoms with E-state index in [1.54, 1.807) is 26.2 Å². The van der Waals surface area contributed by atoms with E-state index in [9.17, 15) is 9.90 Å². The van der Waals surface area contributed by atoms with Crippen molar-refractivity contribution in [3.05, 3.63) is 22.2 Å². The molecule has 0 heterocycles. The third-order valence-corrected chi connectivity index (χ3v) is 3.33. The van der Waals surface area contributed by atoms with Crippen molar-refractivity contribution in [1.82, 2.24) is 5.32 Å². The average Bonchev–Trinajstić information content (AvgIpc) is 2.48. The molecule has 0 spiro atoms. The number of aliphatic hydroxyl groups is 1. The van der Waals surface area contributed by atoms with Gasteiger partial charge < -0.3 is 24.6 Å². The third kappa shape index (κ3) is 5.18. The summed E-state index contributed by atoms with van der Waals surface area (Å²) in [6.45, 7) is 2.40. The zero-order valence-electron chi connectivity index (χ0n) is 12.3. The molecule has 0 bridgehead atoms. The van der Waals surface area contributed by atoms with Gasteiger partial charge in [-0.3, -0.25) is 4.79 Å². The van der Waals surface area contributed by atoms with Crippen LogP contribution >= 0.6 is 15.9 Å². The van der Waals surface area contributed by atoms with Crippen molar-refractivity contribution in [2.45, 2.75) is 19.6 Å². The standard InChI is InChI=1S/C14H20BrNO5/c1-9(14(18)16-4-5-19-2)21-13-11(15)6-10(8-17)7-12(13)20-3/h6-7,9,17H,4-5,8H2,1-3H3,(H,16,18). The van der Waals surface area contributed by atoms with Gasteiger partial charge in [0.2, 0.25) is 0 Å². The van der Waals surface area contributed by atoms with E-state index in [4.69, 9.17) is 14.2 Å². The Balaban J connectivity index is 2.79. The summed E-state index contributed by atoms with van der Waals surface area (Å²) in [5, 5.41) is 11.9. The van der Waals surface area contributed by atoms with Crippen LogP contribution in [-0.4, -0.2) is 44.5 Å². The Kier molecular flexibility index (Phi) is 7.49. The van der Waals surface area contributed by atoms with Crippen LogP contribution in [0.15, 0.2) is 16.6 Å². The van der Waals surface area contributed by atoms with Gasteiger partial charge in [-0.15, -0.1) is 0 Å². The molecule has 0 aromatic heterocycles. The number of carbonyl (C=O) groups is 1. The van der Waals surface area contributed by atoms with Crippen molar-refractivity contribution >= 4 is 21.8 Å². The topological polar surface area (TPSA) is 77.0 Å². The highest BCUT2D eigenvalue weighted by Crippen LogP contribution is 2.37. The van der Waals surface area contributed by atoms with Crippen molar-refractivity contribution < 1.29 is 24.1 Å². The summed E-state index contributed by atoms with van der Waals surface area (Å²) in [7, 11) is 3.07. The molecule has 1 atom stereocenters. The SMILES string of the molecule is COCCNC(=O)C(C)Oc1c(Br)cc(CO)cc1OC. The quantitative estimate of drug-likeness (QED) is 0.685. The van der Waals surface area contributed by atoms with Gasteiger partial charge in [-0.05, 0) is 40.5 Å². The molecule has 1 aromatic rings. The van der Waals surface area contributed by atoms with Crippen LogP contribution in [0, 0.1) is 0 Å². The van der Waals surface area contributed by atoms with Crippen LogP contribution in [0.25, 0.3) is 0 Å². The van der Waals surface area contributed by atoms with E-state index in [-0.39, 0.29) is 12.5 Å². The minimum absolute atomic E-state index is 0.109. The maximum absolute atomic E-state index is 11.9. The Bertz CT molecular complexity index is 481. The molecule has 0 aliphatic heterocycles. The van der Waals surface area contributed by atoms with Crippen molar-refractivity contribution in [3.8, 4) is 11.5 Å². The summed E-state index contributed by atoms with van der Waals surface area (Å²) in [5.41, 5.74) is 0.684. The van der Waals surface area contributed by atoms with E-state index in [0.29, 0.717) is 34.7 Å². The van der Waals surface area contributed by atoms with Crippen LogP contribution in [-0.2, 0) is 16.1 Å². The van der Waals surface area contributed by atoms with Crippen LogP contribution in [0.3, 0.4) is 0 Å². The highest BCUT2D eigenvalue weighted by molar-refractivity contribution is 9.10. The van der Waals surface area contributed by atoms with Crippen LogP contribution in [0.4, 0.5) is 0 Å². The number of hydrogen-bond donors (Lipinski definition) is 2. The predicted molar refractivity (Wildman–Crippen MR) is 81.6 cm³/mol. The fourth-order valence-corrected chi connectivity index (χ4v) is 2.21. The van der Waals surface area contributed by atoms with Crippen LogP contribution < -0.4 is 14.8 Å². The first kappa shape index (κ1) is 17.7. The van der Waals surface area contributed by atoms with Gasteiger partial charge in [0.15, 0.2) is 17.6 Å². The minimum Gasteiger partial charge on any atom is -0.493 e. The first-order valence-electron chi connectivity index (χ1n) is 6.44. The number of halogens is 1. The molecule has 21 heavy (non-hydrogen) atoms. The number of aliphatic hydroxyl groups excluding tert-OH is 1. The van der Waals surface area contributed by atoms with E-state index in [2.05, 4.69) is 21.2 Å². The Morgan fingerprint density at radius 1 is 1.43 bits per heavy atom. The van der Waals surface area contributed by atoms with Gasteiger partial charge in [-0.1, -0.05) is 0 Å². The van der Waals surface area contributed by atoms with Crippen LogP contribution in [0.2, 0.25) is 0 Å². The number of rotatable bonds is 8. The molecular weight excluding hydrogens is 342 g/mol. The molecule has 118 valence electrons. The first-order chi connectivity index (χ1) is 10.0. The smallest absolute Gasteiger partial charge is 0.260 e. The number of amides is 1. The van der Waals surface area contributed by atoms with E-state index >= 15 is 0 Å². The molecular formula is C14H20BrNO5. The molecule has 0 radical (unpaired) electrons. The summed E-state index contributed by atoms with van der Waals surface area (Å²) < 4.78 is 16.4. The second kappa shape index (κ2) is 8.86. The van der Waals surface area contributed by atoms with Crippen molar-refractivity contribution in [2.24, 2.45) is 0 Å². The van der Waals surface area contributed by atoms with Gasteiger partial charge in [-0.25, -0.2) is 0 Å². The molecule has 1 amide bonds. The maximum atomic E-state index is 11.9. The van der Waals surface area contributed by atoms with Gasteiger partial charge in [0, 0.05) is 13.7 Å². The molecule has 0 saturated heterocycles. The largest absolute Gasteiger partial charge is 0.493 e. The summed E-state index contributed by atoms with van der Waals surface area (Å²) in [4.78, 5) is 11.9. The molecule has 7 heteroatoms. The number of ether oxygens (including phenoxy) is 3. The second-order valence-electron chi connectivity index (χ2n) is 4.31. The molecule has 0 fully saturated rings. The van der Waals surface area contributed by atoms with E-state index < -0.39 is 6.10 Å². The zero-order valence-corrected chi connectivity index (χ0v) is 13.9. The molecule has 0 saturated carbocycles. The molecule has 1 aromatic carbocycles. The van der Waals surface area contributed by atoms with Crippen molar-refractivity contribution in [1.29, 1.82) is 0 Å². The molecule has 1 rings (SSSR count). The Morgan fingerprint density at radius 3 is 2.71 bits per heavy atom. The van der Waals surface area contributed by atoms with Crippen molar-refractivity contribution in [3.63, 3.8) is 0 Å². The maximum Gasteiger partial charge on any atom is 0.260 e. The summed E-state index contributed by atoms with van der Waals surface area (Å²) in [6.07, 6.45) is -0.688. The summed E-state index contributed by atoms with van der Waals surface area (Å²) >= 11 is 3.35. The Hall–Kier alpha value is -1.31. The Morgan fingerprint density at radius 2 is 2.14 bits per heavy atom. The Labute approximate surface area is 132 Å². The molecule has 0 aliphatic carbocycles. The molecule has 1 unspecified atom stereocenters. The van der Waals surface area contributed by atoms with Gasteiger partial charge in [0.1, 0.15) is 0 Å². The predicted octanol–water partition coefficient (Wildman–Crippen LogP) is 1.48. The summed E-state index contributed by atoms with van der Waals surface area (Å²) in [6, 6.07) is 3.38. The average molecular weight is 362 g/mol. The van der Waals surface area contributed by atoms with Crippen LogP contribution in [0.5, 0.6) is 11.5 Å². The lowest BCUT2D eigenvalue weighted by Crippen LogP contribution is -2.38. The highest BCUT2D eigenvalue weighted by Gasteiger charge is 2.19. The fraction of sp³-hybridized carbons (Fsp3) is 0.500. The number of benzene rings is 1. The van der Waals surface area contributed by atoms with E-state index in [1.807, 2.05) is 0 Å². The number of methoxy groups -OCH3 is 2. The lowest BCUT2D eigenvalue weighted by Gasteiger charge is -2.18. The molecule has 2 N–H and O–H groups in total. The van der Waals surface area contributed by atoms with Gasteiger partial charge in [0.25, 0.3) is 5.91 Å². The number of carbonyl (C=O) groups excluding carboxylic acids is 1. The van der Waals surface area contributed by atoms with Crippen LogP contribution in [0.1, 0.15) is 12.5 Å². The normalized spacial score (nSPS) is 11.9. The number of nitrogens with one attached hydrogen (secondary N) is 1. The van der Waals surface area contributed by atoms with Gasteiger partial charge in [-0.2, -0.15) is 0 Å². The van der Waals surface area contributed by atoms with Gasteiger partial charge >= 0.3 is 0 Å². The fourth-order valence-electron chi connectivity index (χ4n) is 1.63. The molecule has 6 nitrogen and oxygen atoms in total. The van der Waals surface area contributed by atoms with E-state index in [0.717, 1.165) is 0 Å². The number of hydrogen-bond acceptors (Lipinski definition) is 5. The second-order valence-corrected chi connectivity index (χ2v) is 5.17. The highest BCUT2D eigenvalue weighted by atomic mass is 79.9.